The molecule has 4 aromatic rings. The van der Waals surface area contributed by atoms with E-state index in [4.69, 9.17) is 33.7 Å². The first-order valence-corrected chi connectivity index (χ1v) is 10.1. The molecule has 3 N–H and O–H groups in total. The van der Waals surface area contributed by atoms with Crippen LogP contribution in [0.25, 0.3) is 17.1 Å². The Labute approximate surface area is 197 Å². The van der Waals surface area contributed by atoms with Gasteiger partial charge in [-0.15, -0.1) is 5.10 Å². The number of carbonyl (C=O) groups is 1. The van der Waals surface area contributed by atoms with Gasteiger partial charge in [0.25, 0.3) is 5.91 Å². The predicted molar refractivity (Wildman–Crippen MR) is 122 cm³/mol. The molecule has 0 atom stereocenters. The number of halogens is 2. The van der Waals surface area contributed by atoms with Crippen LogP contribution in [0.15, 0.2) is 52.2 Å². The van der Waals surface area contributed by atoms with E-state index in [-0.39, 0.29) is 23.0 Å². The highest BCUT2D eigenvalue weighted by Gasteiger charge is 2.25. The van der Waals surface area contributed by atoms with Gasteiger partial charge < -0.3 is 10.5 Å². The zero-order chi connectivity index (χ0) is 23.5. The van der Waals surface area contributed by atoms with Crippen molar-refractivity contribution in [1.29, 1.82) is 0 Å². The average molecular weight is 487 g/mol. The number of benzene rings is 2. The summed E-state index contributed by atoms with van der Waals surface area (Å²) >= 11 is 12.2. The van der Waals surface area contributed by atoms with Gasteiger partial charge in [0.2, 0.25) is 11.6 Å². The molecular weight excluding hydrogens is 471 g/mol. The number of hydrazone groups is 1. The summed E-state index contributed by atoms with van der Waals surface area (Å²) in [6.07, 6.45) is 0. The first-order valence-electron chi connectivity index (χ1n) is 9.37. The zero-order valence-electron chi connectivity index (χ0n) is 17.3. The molecule has 2 aromatic heterocycles. The SMILES string of the molecule is COc1cccc(-c2c(C(=O)NN=C(C)c3ccc(Cl)cc3Cl)nnn2-c2nonc2N)c1. The van der Waals surface area contributed by atoms with Gasteiger partial charge in [-0.3, -0.25) is 4.79 Å². The Morgan fingerprint density at radius 2 is 2.03 bits per heavy atom. The first-order chi connectivity index (χ1) is 15.9. The number of rotatable bonds is 6. The number of aromatic nitrogens is 5. The van der Waals surface area contributed by atoms with Gasteiger partial charge in [0.05, 0.1) is 17.8 Å². The van der Waals surface area contributed by atoms with Crippen LogP contribution in [0.1, 0.15) is 23.0 Å². The summed E-state index contributed by atoms with van der Waals surface area (Å²) in [7, 11) is 1.53. The van der Waals surface area contributed by atoms with Gasteiger partial charge in [0.1, 0.15) is 11.4 Å². The van der Waals surface area contributed by atoms with E-state index in [1.807, 2.05) is 0 Å². The van der Waals surface area contributed by atoms with Gasteiger partial charge in [0, 0.05) is 16.1 Å². The van der Waals surface area contributed by atoms with Crippen LogP contribution < -0.4 is 15.9 Å². The summed E-state index contributed by atoms with van der Waals surface area (Å²) in [5.74, 6) is -0.0168. The number of carbonyl (C=O) groups excluding carboxylic acids is 1. The summed E-state index contributed by atoms with van der Waals surface area (Å²) in [5.41, 5.74) is 10.2. The molecule has 0 radical (unpaired) electrons. The van der Waals surface area contributed by atoms with Gasteiger partial charge in [0.15, 0.2) is 5.69 Å². The summed E-state index contributed by atoms with van der Waals surface area (Å²) < 4.78 is 11.2. The Balaban J connectivity index is 1.73. The maximum Gasteiger partial charge on any atom is 0.294 e. The number of methoxy groups -OCH3 is 1. The number of nitrogen functional groups attached to an aromatic ring is 1. The Morgan fingerprint density at radius 1 is 1.21 bits per heavy atom. The van der Waals surface area contributed by atoms with Crippen LogP contribution in [0.2, 0.25) is 10.0 Å². The summed E-state index contributed by atoms with van der Waals surface area (Å²) in [4.78, 5) is 13.0. The van der Waals surface area contributed by atoms with Crippen LogP contribution in [-0.2, 0) is 0 Å². The van der Waals surface area contributed by atoms with E-state index in [9.17, 15) is 4.79 Å². The molecule has 0 unspecified atom stereocenters. The molecule has 2 heterocycles. The van der Waals surface area contributed by atoms with E-state index >= 15 is 0 Å². The van der Waals surface area contributed by atoms with E-state index in [0.717, 1.165) is 0 Å². The van der Waals surface area contributed by atoms with Crippen LogP contribution >= 0.6 is 23.2 Å². The van der Waals surface area contributed by atoms with Crippen LogP contribution in [0.4, 0.5) is 5.82 Å². The van der Waals surface area contributed by atoms with Crippen molar-refractivity contribution in [3.8, 4) is 22.8 Å². The number of nitrogens with zero attached hydrogens (tertiary/aromatic N) is 6. The fraction of sp³-hybridized carbons (Fsp3) is 0.100. The van der Waals surface area contributed by atoms with E-state index in [0.29, 0.717) is 32.6 Å². The Morgan fingerprint density at radius 3 is 2.73 bits per heavy atom. The topological polar surface area (TPSA) is 146 Å². The number of anilines is 1. The number of hydrogen-bond acceptors (Lipinski definition) is 9. The third-order valence-electron chi connectivity index (χ3n) is 4.57. The van der Waals surface area contributed by atoms with Gasteiger partial charge in [-0.25, -0.2) is 10.1 Å². The number of ether oxygens (including phenoxy) is 1. The molecule has 0 spiro atoms. The second-order valence-electron chi connectivity index (χ2n) is 6.67. The van der Waals surface area contributed by atoms with Gasteiger partial charge in [-0.05, 0) is 41.5 Å². The molecule has 0 aliphatic rings. The zero-order valence-corrected chi connectivity index (χ0v) is 18.8. The van der Waals surface area contributed by atoms with Crippen molar-refractivity contribution in [3.63, 3.8) is 0 Å². The fourth-order valence-corrected chi connectivity index (χ4v) is 3.53. The van der Waals surface area contributed by atoms with Gasteiger partial charge in [-0.1, -0.05) is 46.6 Å². The second-order valence-corrected chi connectivity index (χ2v) is 7.51. The molecule has 0 fully saturated rings. The molecule has 13 heteroatoms. The fourth-order valence-electron chi connectivity index (χ4n) is 2.98. The third-order valence-corrected chi connectivity index (χ3v) is 5.12. The standard InChI is InChI=1S/C20H16Cl2N8O3/c1-10(14-7-6-12(21)9-15(14)22)24-26-20(31)16-17(11-4-3-5-13(8-11)32-2)30(29-25-16)19-18(23)27-33-28-19/h3-9H,1-2H3,(H2,23,27)(H,26,31). The normalized spacial score (nSPS) is 11.5. The van der Waals surface area contributed by atoms with Crippen LogP contribution in [-0.4, -0.2) is 44.0 Å². The second kappa shape index (κ2) is 9.27. The lowest BCUT2D eigenvalue weighted by atomic mass is 10.1. The predicted octanol–water partition coefficient (Wildman–Crippen LogP) is 3.37. The molecule has 33 heavy (non-hydrogen) atoms. The number of nitrogens with one attached hydrogen (secondary N) is 1. The maximum absolute atomic E-state index is 13.0. The molecule has 1 amide bonds. The third kappa shape index (κ3) is 4.49. The molecular formula is C20H16Cl2N8O3. The van der Waals surface area contributed by atoms with Crippen molar-refractivity contribution < 1.29 is 14.2 Å². The molecule has 0 aliphatic heterocycles. The summed E-state index contributed by atoms with van der Waals surface area (Å²) in [6.45, 7) is 1.69. The Hall–Kier alpha value is -3.96. The number of nitrogens with two attached hydrogens (primary N) is 1. The minimum atomic E-state index is -0.626. The molecule has 0 saturated heterocycles. The van der Waals surface area contributed by atoms with Crippen molar-refractivity contribution in [1.82, 2.24) is 30.7 Å². The van der Waals surface area contributed by atoms with Crippen molar-refractivity contribution in [2.24, 2.45) is 5.10 Å². The van der Waals surface area contributed by atoms with Crippen molar-refractivity contribution in [3.05, 3.63) is 63.8 Å². The van der Waals surface area contributed by atoms with Crippen LogP contribution in [0, 0.1) is 0 Å². The molecule has 2 aromatic carbocycles. The van der Waals surface area contributed by atoms with E-state index in [1.54, 1.807) is 49.4 Å². The van der Waals surface area contributed by atoms with Crippen LogP contribution in [0.5, 0.6) is 5.75 Å². The smallest absolute Gasteiger partial charge is 0.294 e. The molecule has 0 saturated carbocycles. The molecule has 4 rings (SSSR count). The summed E-state index contributed by atoms with van der Waals surface area (Å²) in [6, 6.07) is 11.9. The van der Waals surface area contributed by atoms with Crippen molar-refractivity contribution in [2.45, 2.75) is 6.92 Å². The highest BCUT2D eigenvalue weighted by molar-refractivity contribution is 6.37. The Bertz CT molecular complexity index is 1370. The average Bonchev–Trinajstić information content (AvgIpc) is 3.43. The molecule has 0 bridgehead atoms. The highest BCUT2D eigenvalue weighted by atomic mass is 35.5. The lowest BCUT2D eigenvalue weighted by molar-refractivity contribution is 0.0950. The monoisotopic (exact) mass is 486 g/mol. The quantitative estimate of drug-likeness (QED) is 0.311. The lowest BCUT2D eigenvalue weighted by Gasteiger charge is -2.08. The minimum absolute atomic E-state index is 0.0257. The number of hydrogen-bond donors (Lipinski definition) is 2. The highest BCUT2D eigenvalue weighted by Crippen LogP contribution is 2.29. The molecule has 168 valence electrons. The Kier molecular flexibility index (Phi) is 6.24. The minimum Gasteiger partial charge on any atom is -0.497 e. The van der Waals surface area contributed by atoms with Gasteiger partial charge in [-0.2, -0.15) is 9.78 Å². The van der Waals surface area contributed by atoms with E-state index in [2.05, 4.69) is 35.8 Å². The van der Waals surface area contributed by atoms with Crippen molar-refractivity contribution >= 4 is 40.6 Å². The van der Waals surface area contributed by atoms with Crippen LogP contribution in [0.3, 0.4) is 0 Å². The van der Waals surface area contributed by atoms with Crippen molar-refractivity contribution in [2.75, 3.05) is 12.8 Å². The maximum atomic E-state index is 13.0. The number of amides is 1. The van der Waals surface area contributed by atoms with E-state index in [1.165, 1.54) is 11.8 Å². The first kappa shape index (κ1) is 22.2. The van der Waals surface area contributed by atoms with E-state index < -0.39 is 5.91 Å². The van der Waals surface area contributed by atoms with Gasteiger partial charge >= 0.3 is 0 Å². The molecule has 0 aliphatic carbocycles. The lowest BCUT2D eigenvalue weighted by Crippen LogP contribution is -2.21. The molecule has 11 nitrogen and oxygen atoms in total. The largest absolute Gasteiger partial charge is 0.497 e. The summed E-state index contributed by atoms with van der Waals surface area (Å²) in [5, 5.41) is 20.4.